The lowest BCUT2D eigenvalue weighted by Gasteiger charge is -2.41. The van der Waals surface area contributed by atoms with E-state index in [-0.39, 0.29) is 13.0 Å². The average molecular weight is 849 g/mol. The fourth-order valence-corrected chi connectivity index (χ4v) is 8.02. The molecule has 1 saturated carbocycles. The molecule has 0 amide bonds. The standard InChI is InChI=1S/C45H85O12P/c1-3-5-7-9-11-13-15-17-19-20-21-23-25-27-29-31-33-35-54-36-38(37-55-58(52,53)57-45-43(50)41(48)40(47)42(49)44(45)51)56-39(46)34-32-30-28-26-24-22-18-16-14-12-10-8-6-4-2/h16,18-20,38,40-45,47-51H,3-15,17,21-37H2,1-2H3,(H,52,53)/b18-16-,20-19-. The molecule has 0 radical (unpaired) electrons. The van der Waals surface area contributed by atoms with E-state index in [2.05, 4.69) is 38.2 Å². The van der Waals surface area contributed by atoms with Crippen LogP contribution in [-0.2, 0) is 27.9 Å². The van der Waals surface area contributed by atoms with Crippen molar-refractivity contribution in [2.24, 2.45) is 0 Å². The monoisotopic (exact) mass is 849 g/mol. The number of phosphoric ester groups is 1. The van der Waals surface area contributed by atoms with Crippen LogP contribution in [-0.4, -0.2) is 98.9 Å². The summed E-state index contributed by atoms with van der Waals surface area (Å²) >= 11 is 0. The van der Waals surface area contributed by atoms with Crippen LogP contribution in [0.5, 0.6) is 0 Å². The molecule has 6 atom stereocenters. The maximum atomic E-state index is 12.8. The maximum absolute atomic E-state index is 12.8. The molecule has 0 aromatic heterocycles. The lowest BCUT2D eigenvalue weighted by Crippen LogP contribution is -2.64. The van der Waals surface area contributed by atoms with E-state index in [9.17, 15) is 39.8 Å². The van der Waals surface area contributed by atoms with Gasteiger partial charge in [-0.3, -0.25) is 13.8 Å². The summed E-state index contributed by atoms with van der Waals surface area (Å²) in [5, 5.41) is 50.1. The molecule has 0 aromatic carbocycles. The van der Waals surface area contributed by atoms with Gasteiger partial charge in [-0.1, -0.05) is 147 Å². The Morgan fingerprint density at radius 3 is 1.36 bits per heavy atom. The Balaban J connectivity index is 2.40. The summed E-state index contributed by atoms with van der Waals surface area (Å²) in [5.74, 6) is -0.487. The Morgan fingerprint density at radius 2 is 0.914 bits per heavy atom. The fourth-order valence-electron chi connectivity index (χ4n) is 7.05. The number of rotatable bonds is 39. The molecule has 0 aromatic rings. The van der Waals surface area contributed by atoms with Crippen LogP contribution in [0.15, 0.2) is 24.3 Å². The van der Waals surface area contributed by atoms with Crippen LogP contribution in [0.1, 0.15) is 194 Å². The minimum atomic E-state index is -5.02. The third-order valence-electron chi connectivity index (χ3n) is 10.8. The van der Waals surface area contributed by atoms with Gasteiger partial charge in [0.15, 0.2) is 0 Å². The van der Waals surface area contributed by atoms with E-state index < -0.39 is 63.1 Å². The number of hydrogen-bond acceptors (Lipinski definition) is 11. The highest BCUT2D eigenvalue weighted by atomic mass is 31.2. The molecule has 12 nitrogen and oxygen atoms in total. The summed E-state index contributed by atoms with van der Waals surface area (Å²) < 4.78 is 34.2. The first-order chi connectivity index (χ1) is 28.0. The van der Waals surface area contributed by atoms with Crippen LogP contribution < -0.4 is 0 Å². The fraction of sp³-hybridized carbons (Fsp3) is 0.889. The minimum Gasteiger partial charge on any atom is -0.457 e. The van der Waals surface area contributed by atoms with Gasteiger partial charge in [0.25, 0.3) is 0 Å². The van der Waals surface area contributed by atoms with Crippen molar-refractivity contribution >= 4 is 13.8 Å². The SMILES string of the molecule is CCCCCCC/C=C\CCCCCCCC(=O)OC(COCCCCCCCC/C=C\CCCCCCCCC)COP(=O)(O)OC1C(O)C(O)C(O)C(O)C1O. The van der Waals surface area contributed by atoms with Gasteiger partial charge in [0.2, 0.25) is 0 Å². The molecule has 58 heavy (non-hydrogen) atoms. The van der Waals surface area contributed by atoms with Crippen LogP contribution in [0.2, 0.25) is 0 Å². The Labute approximate surface area is 351 Å². The van der Waals surface area contributed by atoms with Crippen molar-refractivity contribution in [3.8, 4) is 0 Å². The minimum absolute atomic E-state index is 0.0819. The van der Waals surface area contributed by atoms with Gasteiger partial charge in [-0.25, -0.2) is 4.57 Å². The molecule has 1 fully saturated rings. The Kier molecular flexibility index (Phi) is 34.5. The van der Waals surface area contributed by atoms with Crippen LogP contribution in [0, 0.1) is 0 Å². The third kappa shape index (κ3) is 28.4. The molecule has 0 aliphatic heterocycles. The predicted octanol–water partition coefficient (Wildman–Crippen LogP) is 9.31. The van der Waals surface area contributed by atoms with Crippen LogP contribution in [0.25, 0.3) is 0 Å². The van der Waals surface area contributed by atoms with Gasteiger partial charge < -0.3 is 39.9 Å². The van der Waals surface area contributed by atoms with Crippen LogP contribution >= 0.6 is 7.82 Å². The first-order valence-electron chi connectivity index (χ1n) is 23.2. The van der Waals surface area contributed by atoms with Crippen LogP contribution in [0.3, 0.4) is 0 Å². The van der Waals surface area contributed by atoms with E-state index in [1.807, 2.05) is 0 Å². The van der Waals surface area contributed by atoms with Gasteiger partial charge in [0.1, 0.15) is 42.7 Å². The largest absolute Gasteiger partial charge is 0.472 e. The van der Waals surface area contributed by atoms with Gasteiger partial charge in [-0.05, 0) is 64.2 Å². The number of phosphoric acid groups is 1. The molecule has 0 heterocycles. The van der Waals surface area contributed by atoms with Crippen molar-refractivity contribution in [2.45, 2.75) is 236 Å². The highest BCUT2D eigenvalue weighted by molar-refractivity contribution is 7.47. The molecule has 6 unspecified atom stereocenters. The molecule has 0 bridgehead atoms. The van der Waals surface area contributed by atoms with E-state index in [1.54, 1.807) is 0 Å². The molecule has 0 saturated heterocycles. The zero-order valence-corrected chi connectivity index (χ0v) is 37.2. The first-order valence-corrected chi connectivity index (χ1v) is 24.7. The summed E-state index contributed by atoms with van der Waals surface area (Å²) in [6, 6.07) is 0. The summed E-state index contributed by atoms with van der Waals surface area (Å²) in [6.07, 6.45) is 28.2. The summed E-state index contributed by atoms with van der Waals surface area (Å²) in [7, 11) is -5.02. The number of aliphatic hydroxyl groups excluding tert-OH is 5. The van der Waals surface area contributed by atoms with Crippen molar-refractivity contribution in [1.82, 2.24) is 0 Å². The third-order valence-corrected chi connectivity index (χ3v) is 11.8. The Morgan fingerprint density at radius 1 is 0.534 bits per heavy atom. The molecule has 6 N–H and O–H groups in total. The highest BCUT2D eigenvalue weighted by Crippen LogP contribution is 2.47. The Hall–Kier alpha value is -1.18. The van der Waals surface area contributed by atoms with Crippen molar-refractivity contribution in [3.05, 3.63) is 24.3 Å². The quantitative estimate of drug-likeness (QED) is 0.0149. The van der Waals surface area contributed by atoms with Crippen molar-refractivity contribution in [2.75, 3.05) is 19.8 Å². The number of unbranched alkanes of at least 4 members (excludes halogenated alkanes) is 23. The van der Waals surface area contributed by atoms with Gasteiger partial charge in [-0.2, -0.15) is 0 Å². The summed E-state index contributed by atoms with van der Waals surface area (Å²) in [4.78, 5) is 23.1. The van der Waals surface area contributed by atoms with E-state index in [4.69, 9.17) is 18.5 Å². The normalized spacial score (nSPS) is 22.8. The number of hydrogen-bond donors (Lipinski definition) is 6. The number of ether oxygens (including phenoxy) is 2. The van der Waals surface area contributed by atoms with E-state index in [1.165, 1.54) is 96.3 Å². The number of carbonyl (C=O) groups excluding carboxylic acids is 1. The second-order valence-electron chi connectivity index (χ2n) is 16.2. The molecule has 0 spiro atoms. The van der Waals surface area contributed by atoms with Crippen molar-refractivity contribution < 1.29 is 58.3 Å². The average Bonchev–Trinajstić information content (AvgIpc) is 3.21. The smallest absolute Gasteiger partial charge is 0.457 e. The van der Waals surface area contributed by atoms with Crippen LogP contribution in [0.4, 0.5) is 0 Å². The molecule has 1 aliphatic rings. The second kappa shape index (κ2) is 36.5. The number of allylic oxidation sites excluding steroid dienone is 4. The zero-order chi connectivity index (χ0) is 42.7. The van der Waals surface area contributed by atoms with Gasteiger partial charge in [0.05, 0.1) is 13.2 Å². The molecule has 1 rings (SSSR count). The molecule has 1 aliphatic carbocycles. The summed E-state index contributed by atoms with van der Waals surface area (Å²) in [6.45, 7) is 4.23. The number of esters is 1. The lowest BCUT2D eigenvalue weighted by molar-refractivity contribution is -0.220. The second-order valence-corrected chi connectivity index (χ2v) is 17.7. The summed E-state index contributed by atoms with van der Waals surface area (Å²) in [5.41, 5.74) is 0. The number of aliphatic hydroxyl groups is 5. The maximum Gasteiger partial charge on any atom is 0.472 e. The van der Waals surface area contributed by atoms with E-state index in [0.29, 0.717) is 13.0 Å². The topological polar surface area (TPSA) is 192 Å². The van der Waals surface area contributed by atoms with E-state index >= 15 is 0 Å². The van der Waals surface area contributed by atoms with E-state index in [0.717, 1.165) is 70.6 Å². The van der Waals surface area contributed by atoms with Crippen molar-refractivity contribution in [1.29, 1.82) is 0 Å². The highest BCUT2D eigenvalue weighted by Gasteiger charge is 2.51. The zero-order valence-electron chi connectivity index (χ0n) is 36.4. The molecule has 342 valence electrons. The predicted molar refractivity (Wildman–Crippen MR) is 230 cm³/mol. The lowest BCUT2D eigenvalue weighted by atomic mass is 9.85. The first kappa shape index (κ1) is 54.8. The van der Waals surface area contributed by atoms with Gasteiger partial charge in [0, 0.05) is 13.0 Å². The van der Waals surface area contributed by atoms with Crippen molar-refractivity contribution in [3.63, 3.8) is 0 Å². The van der Waals surface area contributed by atoms with Gasteiger partial charge in [-0.15, -0.1) is 0 Å². The number of carbonyl (C=O) groups is 1. The van der Waals surface area contributed by atoms with Gasteiger partial charge >= 0.3 is 13.8 Å². The molecule has 13 heteroatoms. The Bertz CT molecular complexity index is 1060. The molecular weight excluding hydrogens is 763 g/mol. The molecular formula is C45H85O12P.